The zero-order chi connectivity index (χ0) is 20.5. The normalized spacial score (nSPS) is 10.9. The molecular weight excluding hydrogens is 410 g/mol. The zero-order valence-corrected chi connectivity index (χ0v) is 17.2. The van der Waals surface area contributed by atoms with Crippen LogP contribution >= 0.6 is 22.9 Å². The van der Waals surface area contributed by atoms with Crippen LogP contribution in [-0.2, 0) is 7.05 Å². The van der Waals surface area contributed by atoms with Crippen molar-refractivity contribution in [2.24, 2.45) is 7.05 Å². The van der Waals surface area contributed by atoms with Gasteiger partial charge in [-0.1, -0.05) is 29.8 Å². The van der Waals surface area contributed by atoms with E-state index < -0.39 is 0 Å². The summed E-state index contributed by atoms with van der Waals surface area (Å²) in [4.78, 5) is 30.6. The number of rotatable bonds is 4. The molecule has 29 heavy (non-hydrogen) atoms. The van der Waals surface area contributed by atoms with Gasteiger partial charge in [0.2, 0.25) is 0 Å². The number of aromatic nitrogens is 2. The summed E-state index contributed by atoms with van der Waals surface area (Å²) in [5.41, 5.74) is 0.853. The third-order valence-electron chi connectivity index (χ3n) is 4.38. The van der Waals surface area contributed by atoms with Crippen molar-refractivity contribution in [2.45, 2.75) is 6.92 Å². The van der Waals surface area contributed by atoms with Crippen molar-refractivity contribution >= 4 is 44.7 Å². The number of para-hydroxylation sites is 1. The predicted octanol–water partition coefficient (Wildman–Crippen LogP) is 5.00. The Balaban J connectivity index is 1.69. The first-order valence-corrected chi connectivity index (χ1v) is 9.92. The van der Waals surface area contributed by atoms with E-state index in [-0.39, 0.29) is 11.5 Å². The molecule has 0 aliphatic heterocycles. The summed E-state index contributed by atoms with van der Waals surface area (Å²) in [7, 11) is 1.63. The SMILES string of the molecule is Cc1c(C(=O)Nc2cc(Cl)ccc2Oc2ccccc2)sc2ncn(C)c(=O)c12. The molecule has 0 saturated carbocycles. The minimum Gasteiger partial charge on any atom is -0.455 e. The van der Waals surface area contributed by atoms with E-state index in [0.717, 1.165) is 0 Å². The number of aryl methyl sites for hydroxylation is 2. The van der Waals surface area contributed by atoms with Gasteiger partial charge in [-0.2, -0.15) is 0 Å². The van der Waals surface area contributed by atoms with Crippen molar-refractivity contribution in [2.75, 3.05) is 5.32 Å². The van der Waals surface area contributed by atoms with Crippen molar-refractivity contribution in [3.05, 3.63) is 80.7 Å². The summed E-state index contributed by atoms with van der Waals surface area (Å²) in [6.45, 7) is 1.75. The fourth-order valence-electron chi connectivity index (χ4n) is 2.91. The van der Waals surface area contributed by atoms with Gasteiger partial charge in [-0.3, -0.25) is 9.59 Å². The quantitative estimate of drug-likeness (QED) is 0.499. The second-order valence-electron chi connectivity index (χ2n) is 6.41. The monoisotopic (exact) mass is 425 g/mol. The van der Waals surface area contributed by atoms with Gasteiger partial charge in [-0.05, 0) is 42.8 Å². The van der Waals surface area contributed by atoms with Crippen LogP contribution in [0.2, 0.25) is 5.02 Å². The van der Waals surface area contributed by atoms with Gasteiger partial charge in [0.1, 0.15) is 10.6 Å². The van der Waals surface area contributed by atoms with E-state index in [4.69, 9.17) is 16.3 Å². The summed E-state index contributed by atoms with van der Waals surface area (Å²) in [6.07, 6.45) is 1.45. The lowest BCUT2D eigenvalue weighted by Crippen LogP contribution is -2.17. The first-order valence-electron chi connectivity index (χ1n) is 8.72. The maximum atomic E-state index is 13.0. The number of hydrogen-bond donors (Lipinski definition) is 1. The van der Waals surface area contributed by atoms with Crippen molar-refractivity contribution in [1.82, 2.24) is 9.55 Å². The molecule has 0 spiro atoms. The van der Waals surface area contributed by atoms with Crippen LogP contribution in [0, 0.1) is 6.92 Å². The summed E-state index contributed by atoms with van der Waals surface area (Å²) in [5.74, 6) is 0.741. The van der Waals surface area contributed by atoms with Crippen LogP contribution in [0.15, 0.2) is 59.7 Å². The smallest absolute Gasteiger partial charge is 0.266 e. The molecule has 0 fully saturated rings. The summed E-state index contributed by atoms with van der Waals surface area (Å²) in [6, 6.07) is 14.2. The van der Waals surface area contributed by atoms with Crippen LogP contribution in [0.25, 0.3) is 10.2 Å². The molecule has 146 valence electrons. The van der Waals surface area contributed by atoms with Crippen LogP contribution in [0.5, 0.6) is 11.5 Å². The van der Waals surface area contributed by atoms with Gasteiger partial charge < -0.3 is 14.6 Å². The van der Waals surface area contributed by atoms with E-state index in [0.29, 0.717) is 42.9 Å². The molecule has 0 unspecified atom stereocenters. The first-order chi connectivity index (χ1) is 13.9. The molecular formula is C21H16ClN3O3S. The van der Waals surface area contributed by atoms with E-state index in [1.54, 1.807) is 32.2 Å². The van der Waals surface area contributed by atoms with E-state index in [1.807, 2.05) is 30.3 Å². The molecule has 0 bridgehead atoms. The molecule has 4 aromatic rings. The first kappa shape index (κ1) is 19.2. The Morgan fingerprint density at radius 2 is 1.97 bits per heavy atom. The molecule has 6 nitrogen and oxygen atoms in total. The van der Waals surface area contributed by atoms with Crippen LogP contribution in [0.4, 0.5) is 5.69 Å². The number of thiophene rings is 1. The number of amides is 1. The molecule has 0 saturated heterocycles. The topological polar surface area (TPSA) is 73.2 Å². The highest BCUT2D eigenvalue weighted by atomic mass is 35.5. The number of nitrogens with zero attached hydrogens (tertiary/aromatic N) is 2. The van der Waals surface area contributed by atoms with E-state index in [9.17, 15) is 9.59 Å². The van der Waals surface area contributed by atoms with Crippen molar-refractivity contribution in [1.29, 1.82) is 0 Å². The lowest BCUT2D eigenvalue weighted by atomic mass is 10.2. The number of carbonyl (C=O) groups is 1. The van der Waals surface area contributed by atoms with Gasteiger partial charge in [0.15, 0.2) is 5.75 Å². The number of benzene rings is 2. The lowest BCUT2D eigenvalue weighted by Gasteiger charge is -2.12. The predicted molar refractivity (Wildman–Crippen MR) is 116 cm³/mol. The van der Waals surface area contributed by atoms with Crippen molar-refractivity contribution < 1.29 is 9.53 Å². The number of halogens is 1. The maximum absolute atomic E-state index is 13.0. The van der Waals surface area contributed by atoms with E-state index in [2.05, 4.69) is 10.3 Å². The molecule has 2 aromatic carbocycles. The van der Waals surface area contributed by atoms with E-state index in [1.165, 1.54) is 22.2 Å². The van der Waals surface area contributed by atoms with Gasteiger partial charge in [-0.15, -0.1) is 11.3 Å². The van der Waals surface area contributed by atoms with Crippen molar-refractivity contribution in [3.8, 4) is 11.5 Å². The lowest BCUT2D eigenvalue weighted by molar-refractivity contribution is 0.103. The third kappa shape index (κ3) is 3.74. The molecule has 2 heterocycles. The van der Waals surface area contributed by atoms with Gasteiger partial charge >= 0.3 is 0 Å². The molecule has 0 aliphatic rings. The second-order valence-corrected chi connectivity index (χ2v) is 7.84. The van der Waals surface area contributed by atoms with Gasteiger partial charge in [0.05, 0.1) is 22.3 Å². The summed E-state index contributed by atoms with van der Waals surface area (Å²) < 4.78 is 7.28. The average Bonchev–Trinajstić information content (AvgIpc) is 3.05. The zero-order valence-electron chi connectivity index (χ0n) is 15.6. The third-order valence-corrected chi connectivity index (χ3v) is 5.81. The standard InChI is InChI=1S/C21H16ClN3O3S/c1-12-17-20(23-11-25(2)21(17)27)29-18(12)19(26)24-15-10-13(22)8-9-16(15)28-14-6-4-3-5-7-14/h3-11H,1-2H3,(H,24,26). The highest BCUT2D eigenvalue weighted by molar-refractivity contribution is 7.20. The van der Waals surface area contributed by atoms with Crippen LogP contribution in [-0.4, -0.2) is 15.5 Å². The van der Waals surface area contributed by atoms with E-state index >= 15 is 0 Å². The molecule has 8 heteroatoms. The minimum atomic E-state index is -0.354. The minimum absolute atomic E-state index is 0.182. The largest absolute Gasteiger partial charge is 0.455 e. The Morgan fingerprint density at radius 1 is 1.21 bits per heavy atom. The number of ether oxygens (including phenoxy) is 1. The second kappa shape index (κ2) is 7.69. The molecule has 1 N–H and O–H groups in total. The summed E-state index contributed by atoms with van der Waals surface area (Å²) in [5, 5.41) is 3.77. The number of hydrogen-bond acceptors (Lipinski definition) is 5. The highest BCUT2D eigenvalue weighted by Gasteiger charge is 2.20. The fourth-order valence-corrected chi connectivity index (χ4v) is 4.12. The summed E-state index contributed by atoms with van der Waals surface area (Å²) >= 11 is 7.30. The fraction of sp³-hybridized carbons (Fsp3) is 0.0952. The van der Waals surface area contributed by atoms with Crippen LogP contribution < -0.4 is 15.6 Å². The Morgan fingerprint density at radius 3 is 2.72 bits per heavy atom. The molecule has 4 rings (SSSR count). The van der Waals surface area contributed by atoms with Crippen LogP contribution in [0.1, 0.15) is 15.2 Å². The number of carbonyl (C=O) groups excluding carboxylic acids is 1. The molecule has 0 atom stereocenters. The molecule has 0 radical (unpaired) electrons. The number of nitrogens with one attached hydrogen (secondary N) is 1. The average molecular weight is 426 g/mol. The Hall–Kier alpha value is -3.16. The maximum Gasteiger partial charge on any atom is 0.266 e. The Labute approximate surface area is 175 Å². The number of anilines is 1. The molecule has 0 aliphatic carbocycles. The van der Waals surface area contributed by atoms with Gasteiger partial charge in [0.25, 0.3) is 11.5 Å². The van der Waals surface area contributed by atoms with Gasteiger partial charge in [-0.25, -0.2) is 4.98 Å². The Bertz CT molecular complexity index is 1280. The highest BCUT2D eigenvalue weighted by Crippen LogP contribution is 2.34. The Kier molecular flexibility index (Phi) is 5.08. The molecule has 2 aromatic heterocycles. The van der Waals surface area contributed by atoms with Gasteiger partial charge in [0, 0.05) is 12.1 Å². The molecule has 1 amide bonds. The van der Waals surface area contributed by atoms with Crippen LogP contribution in [0.3, 0.4) is 0 Å². The van der Waals surface area contributed by atoms with Crippen molar-refractivity contribution in [3.63, 3.8) is 0 Å². The number of fused-ring (bicyclic) bond motifs is 1.